The van der Waals surface area contributed by atoms with E-state index in [-0.39, 0.29) is 5.97 Å². The smallest absolute Gasteiger partial charge is 0.337 e. The van der Waals surface area contributed by atoms with Gasteiger partial charge in [-0.3, -0.25) is 0 Å². The summed E-state index contributed by atoms with van der Waals surface area (Å²) in [7, 11) is 1.36. The van der Waals surface area contributed by atoms with Crippen LogP contribution in [0.1, 0.15) is 10.4 Å². The van der Waals surface area contributed by atoms with Crippen LogP contribution in [0.3, 0.4) is 0 Å². The second kappa shape index (κ2) is 5.09. The summed E-state index contributed by atoms with van der Waals surface area (Å²) < 4.78 is 4.67. The zero-order chi connectivity index (χ0) is 13.9. The maximum absolute atomic E-state index is 11.4. The van der Waals surface area contributed by atoms with E-state index in [1.807, 2.05) is 36.4 Å². The normalized spacial score (nSPS) is 10.4. The van der Waals surface area contributed by atoms with Gasteiger partial charge in [0, 0.05) is 17.1 Å². The highest BCUT2D eigenvalue weighted by Gasteiger charge is 2.07. The van der Waals surface area contributed by atoms with Crippen molar-refractivity contribution in [3.05, 3.63) is 60.3 Å². The number of carbonyl (C=O) groups excluding carboxylic acids is 1. The molecule has 0 aliphatic carbocycles. The first-order valence-electron chi connectivity index (χ1n) is 6.18. The molecule has 0 aliphatic rings. The molecule has 0 amide bonds. The summed E-state index contributed by atoms with van der Waals surface area (Å²) in [6, 6.07) is 14.9. The van der Waals surface area contributed by atoms with E-state index in [1.54, 1.807) is 18.3 Å². The van der Waals surface area contributed by atoms with Crippen molar-refractivity contribution < 1.29 is 9.53 Å². The molecule has 0 saturated carbocycles. The minimum Gasteiger partial charge on any atom is -0.465 e. The van der Waals surface area contributed by atoms with Crippen LogP contribution in [0.25, 0.3) is 22.3 Å². The largest absolute Gasteiger partial charge is 0.465 e. The van der Waals surface area contributed by atoms with Crippen molar-refractivity contribution in [1.82, 2.24) is 9.97 Å². The van der Waals surface area contributed by atoms with Gasteiger partial charge in [0.1, 0.15) is 0 Å². The Labute approximate surface area is 116 Å². The fraction of sp³-hybridized carbons (Fsp3) is 0.0625. The van der Waals surface area contributed by atoms with Crippen molar-refractivity contribution >= 4 is 16.9 Å². The molecular weight excluding hydrogens is 252 g/mol. The molecule has 3 rings (SSSR count). The van der Waals surface area contributed by atoms with Crippen molar-refractivity contribution in [1.29, 1.82) is 0 Å². The molecule has 0 atom stereocenters. The Balaban J connectivity index is 2.00. The first kappa shape index (κ1) is 12.3. The SMILES string of the molecule is COC(=O)c1ccc(-c2ncc3ccccc3n2)cc1. The number of ether oxygens (including phenoxy) is 1. The lowest BCUT2D eigenvalue weighted by atomic mass is 10.1. The summed E-state index contributed by atoms with van der Waals surface area (Å²) >= 11 is 0. The van der Waals surface area contributed by atoms with Gasteiger partial charge < -0.3 is 4.74 Å². The quantitative estimate of drug-likeness (QED) is 0.667. The minimum absolute atomic E-state index is 0.351. The molecule has 98 valence electrons. The first-order valence-corrected chi connectivity index (χ1v) is 6.18. The third-order valence-corrected chi connectivity index (χ3v) is 3.05. The van der Waals surface area contributed by atoms with E-state index in [4.69, 9.17) is 0 Å². The fourth-order valence-corrected chi connectivity index (χ4v) is 1.98. The molecule has 3 aromatic rings. The summed E-state index contributed by atoms with van der Waals surface area (Å²) in [5, 5.41) is 1.00. The average molecular weight is 264 g/mol. The number of nitrogens with zero attached hydrogens (tertiary/aromatic N) is 2. The molecule has 4 heteroatoms. The van der Waals surface area contributed by atoms with Gasteiger partial charge in [0.2, 0.25) is 0 Å². The molecule has 0 fully saturated rings. The Morgan fingerprint density at radius 1 is 1.05 bits per heavy atom. The second-order valence-electron chi connectivity index (χ2n) is 4.32. The van der Waals surface area contributed by atoms with Crippen LogP contribution < -0.4 is 0 Å². The van der Waals surface area contributed by atoms with E-state index in [0.29, 0.717) is 11.4 Å². The van der Waals surface area contributed by atoms with Crippen LogP contribution >= 0.6 is 0 Å². The molecule has 0 radical (unpaired) electrons. The lowest BCUT2D eigenvalue weighted by Crippen LogP contribution is -2.00. The maximum Gasteiger partial charge on any atom is 0.337 e. The molecule has 0 unspecified atom stereocenters. The van der Waals surface area contributed by atoms with Crippen molar-refractivity contribution in [2.24, 2.45) is 0 Å². The number of rotatable bonds is 2. The zero-order valence-corrected chi connectivity index (χ0v) is 10.9. The number of fused-ring (bicyclic) bond motifs is 1. The topological polar surface area (TPSA) is 52.1 Å². The summed E-state index contributed by atoms with van der Waals surface area (Å²) in [6.45, 7) is 0. The molecule has 0 bridgehead atoms. The number of benzene rings is 2. The van der Waals surface area contributed by atoms with Gasteiger partial charge in [-0.2, -0.15) is 0 Å². The Morgan fingerprint density at radius 2 is 1.80 bits per heavy atom. The molecule has 1 heterocycles. The third kappa shape index (κ3) is 2.23. The van der Waals surface area contributed by atoms with Crippen molar-refractivity contribution in [2.45, 2.75) is 0 Å². The van der Waals surface area contributed by atoms with E-state index < -0.39 is 0 Å². The summed E-state index contributed by atoms with van der Waals surface area (Å²) in [5.41, 5.74) is 2.27. The van der Waals surface area contributed by atoms with Crippen molar-refractivity contribution in [3.8, 4) is 11.4 Å². The molecule has 0 spiro atoms. The second-order valence-corrected chi connectivity index (χ2v) is 4.32. The van der Waals surface area contributed by atoms with Gasteiger partial charge in [-0.05, 0) is 18.2 Å². The Kier molecular flexibility index (Phi) is 3.13. The predicted molar refractivity (Wildman–Crippen MR) is 76.3 cm³/mol. The van der Waals surface area contributed by atoms with E-state index in [0.717, 1.165) is 16.5 Å². The Bertz CT molecular complexity index is 767. The number of para-hydroxylation sites is 1. The van der Waals surface area contributed by atoms with E-state index in [1.165, 1.54) is 7.11 Å². The molecule has 0 saturated heterocycles. The van der Waals surface area contributed by atoms with E-state index >= 15 is 0 Å². The third-order valence-electron chi connectivity index (χ3n) is 3.05. The van der Waals surface area contributed by atoms with E-state index in [9.17, 15) is 4.79 Å². The molecular formula is C16H12N2O2. The van der Waals surface area contributed by atoms with Gasteiger partial charge in [-0.25, -0.2) is 14.8 Å². The minimum atomic E-state index is -0.351. The number of aromatic nitrogens is 2. The molecule has 0 N–H and O–H groups in total. The number of hydrogen-bond acceptors (Lipinski definition) is 4. The van der Waals surface area contributed by atoms with Crippen LogP contribution in [0.4, 0.5) is 0 Å². The lowest BCUT2D eigenvalue weighted by Gasteiger charge is -2.03. The molecule has 0 aliphatic heterocycles. The lowest BCUT2D eigenvalue weighted by molar-refractivity contribution is 0.0601. The molecule has 4 nitrogen and oxygen atoms in total. The Morgan fingerprint density at radius 3 is 2.55 bits per heavy atom. The van der Waals surface area contributed by atoms with Crippen LogP contribution in [-0.2, 0) is 4.74 Å². The fourth-order valence-electron chi connectivity index (χ4n) is 1.98. The van der Waals surface area contributed by atoms with Crippen LogP contribution in [0, 0.1) is 0 Å². The highest BCUT2D eigenvalue weighted by molar-refractivity contribution is 5.90. The van der Waals surface area contributed by atoms with Crippen LogP contribution in [-0.4, -0.2) is 23.0 Å². The van der Waals surface area contributed by atoms with Crippen molar-refractivity contribution in [2.75, 3.05) is 7.11 Å². The van der Waals surface area contributed by atoms with Crippen LogP contribution in [0.15, 0.2) is 54.7 Å². The first-order chi connectivity index (χ1) is 9.78. The summed E-state index contributed by atoms with van der Waals surface area (Å²) in [4.78, 5) is 20.2. The maximum atomic E-state index is 11.4. The summed E-state index contributed by atoms with van der Waals surface area (Å²) in [6.07, 6.45) is 1.80. The van der Waals surface area contributed by atoms with Gasteiger partial charge in [0.25, 0.3) is 0 Å². The highest BCUT2D eigenvalue weighted by Crippen LogP contribution is 2.19. The van der Waals surface area contributed by atoms with Crippen molar-refractivity contribution in [3.63, 3.8) is 0 Å². The standard InChI is InChI=1S/C16H12N2O2/c1-20-16(19)12-8-6-11(7-9-12)15-17-10-13-4-2-3-5-14(13)18-15/h2-10H,1H3. The van der Waals surface area contributed by atoms with Crippen LogP contribution in [0.5, 0.6) is 0 Å². The molecule has 20 heavy (non-hydrogen) atoms. The van der Waals surface area contributed by atoms with Gasteiger partial charge in [0.05, 0.1) is 18.2 Å². The van der Waals surface area contributed by atoms with Gasteiger partial charge in [-0.1, -0.05) is 30.3 Å². The summed E-state index contributed by atoms with van der Waals surface area (Å²) in [5.74, 6) is 0.288. The Hall–Kier alpha value is -2.75. The zero-order valence-electron chi connectivity index (χ0n) is 10.9. The number of hydrogen-bond donors (Lipinski definition) is 0. The monoisotopic (exact) mass is 264 g/mol. The number of methoxy groups -OCH3 is 1. The number of carbonyl (C=O) groups is 1. The predicted octanol–water partition coefficient (Wildman–Crippen LogP) is 3.08. The highest BCUT2D eigenvalue weighted by atomic mass is 16.5. The van der Waals surface area contributed by atoms with E-state index in [2.05, 4.69) is 14.7 Å². The average Bonchev–Trinajstić information content (AvgIpc) is 2.54. The molecule has 2 aromatic carbocycles. The van der Waals surface area contributed by atoms with Gasteiger partial charge in [0.15, 0.2) is 5.82 Å². The van der Waals surface area contributed by atoms with Gasteiger partial charge >= 0.3 is 5.97 Å². The van der Waals surface area contributed by atoms with Crippen LogP contribution in [0.2, 0.25) is 0 Å². The molecule has 1 aromatic heterocycles. The van der Waals surface area contributed by atoms with Gasteiger partial charge in [-0.15, -0.1) is 0 Å². The number of esters is 1.